The van der Waals surface area contributed by atoms with Gasteiger partial charge < -0.3 is 14.2 Å². The monoisotopic (exact) mass is 307 g/mol. The molecule has 8 heteroatoms. The Morgan fingerprint density at radius 1 is 1.20 bits per heavy atom. The molecule has 0 spiro atoms. The van der Waals surface area contributed by atoms with Crippen molar-refractivity contribution in [2.24, 2.45) is 5.14 Å². The van der Waals surface area contributed by atoms with E-state index in [1.54, 1.807) is 7.11 Å². The van der Waals surface area contributed by atoms with Gasteiger partial charge in [-0.2, -0.15) is 0 Å². The van der Waals surface area contributed by atoms with Gasteiger partial charge in [-0.3, -0.25) is 0 Å². The van der Waals surface area contributed by atoms with Crippen LogP contribution in [0.1, 0.15) is 6.42 Å². The van der Waals surface area contributed by atoms with Crippen molar-refractivity contribution < 1.29 is 27.0 Å². The van der Waals surface area contributed by atoms with Crippen molar-refractivity contribution >= 4 is 10.0 Å². The fourth-order valence-corrected chi connectivity index (χ4v) is 2.13. The standard InChI is InChI=1S/C12H18FNO5S/c1-17-5-2-6-18-7-8-19-11-4-3-10(13)9-12(11)20(14,15)16/h3-4,9H,2,5-8H2,1H3,(H2,14,15,16). The maximum atomic E-state index is 13.0. The van der Waals surface area contributed by atoms with E-state index in [0.717, 1.165) is 18.6 Å². The molecule has 0 aliphatic heterocycles. The second kappa shape index (κ2) is 8.15. The number of ether oxygens (including phenoxy) is 3. The first-order valence-electron chi connectivity index (χ1n) is 5.97. The minimum atomic E-state index is -4.03. The molecule has 2 N–H and O–H groups in total. The van der Waals surface area contributed by atoms with Crippen LogP contribution in [0.3, 0.4) is 0 Å². The van der Waals surface area contributed by atoms with E-state index in [0.29, 0.717) is 13.2 Å². The number of sulfonamides is 1. The Hall–Kier alpha value is -1.22. The highest BCUT2D eigenvalue weighted by atomic mass is 32.2. The van der Waals surface area contributed by atoms with Gasteiger partial charge in [-0.15, -0.1) is 0 Å². The van der Waals surface area contributed by atoms with Crippen molar-refractivity contribution in [3.63, 3.8) is 0 Å². The van der Waals surface area contributed by atoms with Crippen LogP contribution in [-0.2, 0) is 19.5 Å². The molecule has 20 heavy (non-hydrogen) atoms. The summed E-state index contributed by atoms with van der Waals surface area (Å²) in [5.74, 6) is -0.688. The van der Waals surface area contributed by atoms with Crippen LogP contribution < -0.4 is 9.88 Å². The van der Waals surface area contributed by atoms with Gasteiger partial charge >= 0.3 is 0 Å². The average molecular weight is 307 g/mol. The largest absolute Gasteiger partial charge is 0.490 e. The Balaban J connectivity index is 2.48. The van der Waals surface area contributed by atoms with Crippen molar-refractivity contribution in [3.8, 4) is 5.75 Å². The number of halogens is 1. The van der Waals surface area contributed by atoms with Crippen LogP contribution in [0.25, 0.3) is 0 Å². The lowest BCUT2D eigenvalue weighted by molar-refractivity contribution is 0.0799. The zero-order valence-electron chi connectivity index (χ0n) is 11.2. The van der Waals surface area contributed by atoms with E-state index in [4.69, 9.17) is 19.3 Å². The predicted molar refractivity (Wildman–Crippen MR) is 70.6 cm³/mol. The Morgan fingerprint density at radius 2 is 1.95 bits per heavy atom. The van der Waals surface area contributed by atoms with E-state index in [2.05, 4.69) is 0 Å². The zero-order valence-corrected chi connectivity index (χ0v) is 12.0. The van der Waals surface area contributed by atoms with Gasteiger partial charge in [0.1, 0.15) is 23.1 Å². The summed E-state index contributed by atoms with van der Waals surface area (Å²) in [6, 6.07) is 3.15. The van der Waals surface area contributed by atoms with Crippen LogP contribution in [0.15, 0.2) is 23.1 Å². The highest BCUT2D eigenvalue weighted by molar-refractivity contribution is 7.89. The van der Waals surface area contributed by atoms with Crippen molar-refractivity contribution in [3.05, 3.63) is 24.0 Å². The molecule has 0 aliphatic rings. The molecular weight excluding hydrogens is 289 g/mol. The van der Waals surface area contributed by atoms with Crippen molar-refractivity contribution in [1.82, 2.24) is 0 Å². The van der Waals surface area contributed by atoms with Crippen LogP contribution in [0.2, 0.25) is 0 Å². The lowest BCUT2D eigenvalue weighted by Crippen LogP contribution is -2.16. The Labute approximate surface area is 117 Å². The third-order valence-corrected chi connectivity index (χ3v) is 3.27. The predicted octanol–water partition coefficient (Wildman–Crippen LogP) is 0.905. The number of rotatable bonds is 9. The summed E-state index contributed by atoms with van der Waals surface area (Å²) in [4.78, 5) is -0.378. The molecule has 1 rings (SSSR count). The van der Waals surface area contributed by atoms with Crippen LogP contribution in [0, 0.1) is 5.82 Å². The lowest BCUT2D eigenvalue weighted by atomic mass is 10.3. The van der Waals surface area contributed by atoms with E-state index in [1.807, 2.05) is 0 Å². The second-order valence-electron chi connectivity index (χ2n) is 3.94. The third-order valence-electron chi connectivity index (χ3n) is 2.33. The summed E-state index contributed by atoms with van der Waals surface area (Å²) in [6.45, 7) is 1.54. The molecule has 114 valence electrons. The smallest absolute Gasteiger partial charge is 0.241 e. The zero-order chi connectivity index (χ0) is 15.0. The minimum absolute atomic E-state index is 0.00870. The topological polar surface area (TPSA) is 87.8 Å². The molecule has 0 heterocycles. The highest BCUT2D eigenvalue weighted by Gasteiger charge is 2.16. The van der Waals surface area contributed by atoms with Gasteiger partial charge in [0.25, 0.3) is 0 Å². The van der Waals surface area contributed by atoms with Crippen LogP contribution in [-0.4, -0.2) is 42.0 Å². The summed E-state index contributed by atoms with van der Waals surface area (Å²) in [5, 5.41) is 4.99. The number of benzene rings is 1. The van der Waals surface area contributed by atoms with Gasteiger partial charge in [0.15, 0.2) is 0 Å². The Kier molecular flexibility index (Phi) is 6.86. The van der Waals surface area contributed by atoms with E-state index in [9.17, 15) is 12.8 Å². The van der Waals surface area contributed by atoms with Gasteiger partial charge in [0, 0.05) is 20.3 Å². The number of primary sulfonamides is 1. The van der Waals surface area contributed by atoms with E-state index in [-0.39, 0.29) is 23.9 Å². The van der Waals surface area contributed by atoms with E-state index < -0.39 is 15.8 Å². The van der Waals surface area contributed by atoms with Crippen LogP contribution >= 0.6 is 0 Å². The normalized spacial score (nSPS) is 11.6. The van der Waals surface area contributed by atoms with Crippen molar-refractivity contribution in [2.75, 3.05) is 33.5 Å². The van der Waals surface area contributed by atoms with Gasteiger partial charge in [-0.05, 0) is 24.6 Å². The SMILES string of the molecule is COCCCOCCOc1ccc(F)cc1S(N)(=O)=O. The van der Waals surface area contributed by atoms with Gasteiger partial charge in [0.05, 0.1) is 6.61 Å². The molecule has 0 fully saturated rings. The lowest BCUT2D eigenvalue weighted by Gasteiger charge is -2.10. The molecule has 0 saturated carbocycles. The summed E-state index contributed by atoms with van der Waals surface area (Å²) >= 11 is 0. The molecule has 6 nitrogen and oxygen atoms in total. The Morgan fingerprint density at radius 3 is 2.60 bits per heavy atom. The number of hydrogen-bond donors (Lipinski definition) is 1. The highest BCUT2D eigenvalue weighted by Crippen LogP contribution is 2.23. The molecule has 0 aromatic heterocycles. The first-order chi connectivity index (χ1) is 9.45. The Bertz CT molecular complexity index is 521. The van der Waals surface area contributed by atoms with Gasteiger partial charge in [-0.1, -0.05) is 0 Å². The maximum absolute atomic E-state index is 13.0. The summed E-state index contributed by atoms with van der Waals surface area (Å²) < 4.78 is 51.0. The molecule has 0 radical (unpaired) electrons. The number of nitrogens with two attached hydrogens (primary N) is 1. The second-order valence-corrected chi connectivity index (χ2v) is 5.47. The molecular formula is C12H18FNO5S. The summed E-state index contributed by atoms with van der Waals surface area (Å²) in [7, 11) is -2.43. The molecule has 0 aliphatic carbocycles. The van der Waals surface area contributed by atoms with Gasteiger partial charge in [0.2, 0.25) is 10.0 Å². The third kappa shape index (κ3) is 5.83. The first kappa shape index (κ1) is 16.8. The molecule has 0 amide bonds. The molecule has 1 aromatic rings. The van der Waals surface area contributed by atoms with Crippen molar-refractivity contribution in [1.29, 1.82) is 0 Å². The van der Waals surface area contributed by atoms with Gasteiger partial charge in [-0.25, -0.2) is 17.9 Å². The fourth-order valence-electron chi connectivity index (χ4n) is 1.44. The first-order valence-corrected chi connectivity index (χ1v) is 7.51. The molecule has 1 aromatic carbocycles. The molecule has 0 unspecified atom stereocenters. The minimum Gasteiger partial charge on any atom is -0.490 e. The average Bonchev–Trinajstić information content (AvgIpc) is 2.38. The van der Waals surface area contributed by atoms with E-state index >= 15 is 0 Å². The molecule has 0 atom stereocenters. The summed E-state index contributed by atoms with van der Waals surface area (Å²) in [6.07, 6.45) is 0.759. The van der Waals surface area contributed by atoms with E-state index in [1.165, 1.54) is 6.07 Å². The molecule has 0 bridgehead atoms. The van der Waals surface area contributed by atoms with Crippen molar-refractivity contribution in [2.45, 2.75) is 11.3 Å². The maximum Gasteiger partial charge on any atom is 0.241 e. The van der Waals surface area contributed by atoms with Crippen LogP contribution in [0.4, 0.5) is 4.39 Å². The van der Waals surface area contributed by atoms with Crippen LogP contribution in [0.5, 0.6) is 5.75 Å². The quantitative estimate of drug-likeness (QED) is 0.685. The fraction of sp³-hybridized carbons (Fsp3) is 0.500. The number of hydrogen-bond acceptors (Lipinski definition) is 5. The number of methoxy groups -OCH3 is 1. The molecule has 0 saturated heterocycles. The summed E-state index contributed by atoms with van der Waals surface area (Å²) in [5.41, 5.74) is 0.